The Morgan fingerprint density at radius 2 is 1.65 bits per heavy atom. The largest absolute Gasteiger partial charge is 0.506 e. The van der Waals surface area contributed by atoms with E-state index in [1.165, 1.54) is 12.2 Å². The number of rotatable bonds is 3. The van der Waals surface area contributed by atoms with Crippen molar-refractivity contribution in [3.05, 3.63) is 64.3 Å². The number of benzene rings is 2. The maximum Gasteiger partial charge on any atom is 0.238 e. The summed E-state index contributed by atoms with van der Waals surface area (Å²) in [5.41, 5.74) is -0.513. The predicted molar refractivity (Wildman–Crippen MR) is 98.4 cm³/mol. The Balaban J connectivity index is 2.42. The summed E-state index contributed by atoms with van der Waals surface area (Å²) in [5, 5.41) is 40.7. The van der Waals surface area contributed by atoms with Crippen molar-refractivity contribution in [1.82, 2.24) is 0 Å². The summed E-state index contributed by atoms with van der Waals surface area (Å²) in [5.74, 6) is -2.87. The SMILES string of the molecule is C=C(C)C=Cc1c(O)c(O)c2oc(-c3ccccc3)c(O)c(=O)c2c1O. The third kappa shape index (κ3) is 2.67. The number of aromatic hydroxyl groups is 4. The lowest BCUT2D eigenvalue weighted by atomic mass is 10.0. The van der Waals surface area contributed by atoms with Gasteiger partial charge in [0, 0.05) is 5.56 Å². The van der Waals surface area contributed by atoms with Crippen molar-refractivity contribution in [1.29, 1.82) is 0 Å². The van der Waals surface area contributed by atoms with Crippen LogP contribution in [0.1, 0.15) is 12.5 Å². The normalized spacial score (nSPS) is 11.3. The first-order valence-electron chi connectivity index (χ1n) is 7.68. The zero-order valence-corrected chi connectivity index (χ0v) is 13.9. The third-order valence-corrected chi connectivity index (χ3v) is 3.85. The molecule has 0 saturated heterocycles. The van der Waals surface area contributed by atoms with Gasteiger partial charge in [-0.1, -0.05) is 48.6 Å². The fourth-order valence-corrected chi connectivity index (χ4v) is 2.56. The van der Waals surface area contributed by atoms with E-state index in [0.29, 0.717) is 11.1 Å². The molecule has 0 unspecified atom stereocenters. The van der Waals surface area contributed by atoms with E-state index in [-0.39, 0.29) is 11.3 Å². The molecular formula is C20H16O6. The fourth-order valence-electron chi connectivity index (χ4n) is 2.56. The van der Waals surface area contributed by atoms with Gasteiger partial charge in [-0.2, -0.15) is 0 Å². The molecule has 6 nitrogen and oxygen atoms in total. The zero-order valence-electron chi connectivity index (χ0n) is 13.9. The molecule has 1 heterocycles. The summed E-state index contributed by atoms with van der Waals surface area (Å²) in [7, 11) is 0. The number of phenolic OH excluding ortho intramolecular Hbond substituents is 3. The Kier molecular flexibility index (Phi) is 4.18. The van der Waals surface area contributed by atoms with E-state index in [0.717, 1.165) is 0 Å². The molecule has 0 radical (unpaired) electrons. The second-order valence-corrected chi connectivity index (χ2v) is 5.82. The first kappa shape index (κ1) is 17.2. The van der Waals surface area contributed by atoms with Crippen molar-refractivity contribution in [3.8, 4) is 34.3 Å². The van der Waals surface area contributed by atoms with Gasteiger partial charge in [-0.15, -0.1) is 0 Å². The van der Waals surface area contributed by atoms with Crippen LogP contribution in [0.2, 0.25) is 0 Å². The molecule has 0 aliphatic heterocycles. The number of allylic oxidation sites excluding steroid dienone is 2. The van der Waals surface area contributed by atoms with Crippen molar-refractivity contribution in [3.63, 3.8) is 0 Å². The Hall–Kier alpha value is -3.67. The highest BCUT2D eigenvalue weighted by Gasteiger charge is 2.25. The number of hydrogen-bond donors (Lipinski definition) is 4. The minimum absolute atomic E-state index is 0.178. The lowest BCUT2D eigenvalue weighted by molar-refractivity contribution is 0.389. The van der Waals surface area contributed by atoms with Gasteiger partial charge in [0.25, 0.3) is 0 Å². The van der Waals surface area contributed by atoms with Gasteiger partial charge < -0.3 is 24.8 Å². The molecular weight excluding hydrogens is 336 g/mol. The van der Waals surface area contributed by atoms with E-state index < -0.39 is 39.4 Å². The van der Waals surface area contributed by atoms with E-state index in [1.807, 2.05) is 0 Å². The first-order chi connectivity index (χ1) is 12.3. The van der Waals surface area contributed by atoms with Crippen LogP contribution < -0.4 is 5.43 Å². The maximum atomic E-state index is 12.6. The summed E-state index contributed by atoms with van der Waals surface area (Å²) in [6, 6.07) is 8.31. The van der Waals surface area contributed by atoms with Crippen LogP contribution in [0.5, 0.6) is 23.0 Å². The molecule has 3 aromatic rings. The smallest absolute Gasteiger partial charge is 0.238 e. The van der Waals surface area contributed by atoms with Crippen molar-refractivity contribution < 1.29 is 24.8 Å². The molecule has 0 fully saturated rings. The molecule has 26 heavy (non-hydrogen) atoms. The van der Waals surface area contributed by atoms with E-state index in [2.05, 4.69) is 6.58 Å². The molecule has 0 bridgehead atoms. The highest BCUT2D eigenvalue weighted by molar-refractivity contribution is 5.97. The van der Waals surface area contributed by atoms with Crippen LogP contribution in [0.3, 0.4) is 0 Å². The van der Waals surface area contributed by atoms with Crippen LogP contribution >= 0.6 is 0 Å². The van der Waals surface area contributed by atoms with E-state index in [9.17, 15) is 25.2 Å². The van der Waals surface area contributed by atoms with Crippen molar-refractivity contribution >= 4 is 17.0 Å². The molecule has 4 N–H and O–H groups in total. The van der Waals surface area contributed by atoms with Gasteiger partial charge in [-0.25, -0.2) is 0 Å². The quantitative estimate of drug-likeness (QED) is 0.323. The molecule has 0 saturated carbocycles. The standard InChI is InChI=1S/C20H16O6/c1-10(2)8-9-12-14(21)13-16(23)18(25)19(11-6-4-3-5-7-11)26-20(13)17(24)15(12)22/h3-9,21-22,24-25H,1H2,2H3. The molecule has 132 valence electrons. The molecule has 0 spiro atoms. The summed E-state index contributed by atoms with van der Waals surface area (Å²) < 4.78 is 5.47. The molecule has 2 aromatic carbocycles. The molecule has 0 aliphatic carbocycles. The molecule has 0 aliphatic rings. The Labute approximate surface area is 148 Å². The predicted octanol–water partition coefficient (Wildman–Crippen LogP) is 3.87. The summed E-state index contributed by atoms with van der Waals surface area (Å²) in [4.78, 5) is 12.6. The van der Waals surface area contributed by atoms with Crippen LogP contribution in [0.4, 0.5) is 0 Å². The average Bonchev–Trinajstić information content (AvgIpc) is 2.62. The number of phenols is 3. The van der Waals surface area contributed by atoms with Gasteiger partial charge in [0.2, 0.25) is 16.9 Å². The number of hydrogen-bond acceptors (Lipinski definition) is 6. The summed E-state index contributed by atoms with van der Waals surface area (Å²) in [6.07, 6.45) is 2.79. The molecule has 0 amide bonds. The minimum Gasteiger partial charge on any atom is -0.506 e. The highest BCUT2D eigenvalue weighted by Crippen LogP contribution is 2.45. The van der Waals surface area contributed by atoms with E-state index in [1.54, 1.807) is 37.3 Å². The highest BCUT2D eigenvalue weighted by atomic mass is 16.4. The molecule has 1 aromatic heterocycles. The number of fused-ring (bicyclic) bond motifs is 1. The summed E-state index contributed by atoms with van der Waals surface area (Å²) in [6.45, 7) is 5.35. The maximum absolute atomic E-state index is 12.6. The third-order valence-electron chi connectivity index (χ3n) is 3.85. The van der Waals surface area contributed by atoms with Crippen LogP contribution in [0.25, 0.3) is 28.4 Å². The van der Waals surface area contributed by atoms with E-state index >= 15 is 0 Å². The van der Waals surface area contributed by atoms with Crippen molar-refractivity contribution in [2.75, 3.05) is 0 Å². The van der Waals surface area contributed by atoms with Crippen molar-refractivity contribution in [2.24, 2.45) is 0 Å². The monoisotopic (exact) mass is 352 g/mol. The van der Waals surface area contributed by atoms with Crippen LogP contribution in [0.15, 0.2) is 57.8 Å². The second-order valence-electron chi connectivity index (χ2n) is 5.82. The molecule has 0 atom stereocenters. The Morgan fingerprint density at radius 1 is 1.00 bits per heavy atom. The van der Waals surface area contributed by atoms with Crippen LogP contribution in [0, 0.1) is 0 Å². The van der Waals surface area contributed by atoms with Gasteiger partial charge in [-0.05, 0) is 13.0 Å². The average molecular weight is 352 g/mol. The van der Waals surface area contributed by atoms with E-state index in [4.69, 9.17) is 4.42 Å². The van der Waals surface area contributed by atoms with Crippen LogP contribution in [-0.4, -0.2) is 20.4 Å². The van der Waals surface area contributed by atoms with Gasteiger partial charge >= 0.3 is 0 Å². The van der Waals surface area contributed by atoms with Crippen molar-refractivity contribution in [2.45, 2.75) is 6.92 Å². The lowest BCUT2D eigenvalue weighted by Crippen LogP contribution is -2.04. The topological polar surface area (TPSA) is 111 Å². The fraction of sp³-hybridized carbons (Fsp3) is 0.0500. The zero-order chi connectivity index (χ0) is 19.0. The van der Waals surface area contributed by atoms with Crippen LogP contribution in [-0.2, 0) is 0 Å². The Bertz CT molecular complexity index is 1110. The first-order valence-corrected chi connectivity index (χ1v) is 7.68. The minimum atomic E-state index is -0.928. The summed E-state index contributed by atoms with van der Waals surface area (Å²) >= 11 is 0. The van der Waals surface area contributed by atoms with Gasteiger partial charge in [0.1, 0.15) is 11.1 Å². The molecule has 3 rings (SSSR count). The Morgan fingerprint density at radius 3 is 2.27 bits per heavy atom. The van der Waals surface area contributed by atoms with Gasteiger partial charge in [-0.3, -0.25) is 4.79 Å². The lowest BCUT2D eigenvalue weighted by Gasteiger charge is -2.12. The van der Waals surface area contributed by atoms with Gasteiger partial charge in [0.05, 0.1) is 5.56 Å². The second kappa shape index (κ2) is 6.33. The van der Waals surface area contributed by atoms with Gasteiger partial charge in [0.15, 0.2) is 17.1 Å². The molecule has 6 heteroatoms.